The summed E-state index contributed by atoms with van der Waals surface area (Å²) < 4.78 is 41.1. The van der Waals surface area contributed by atoms with Crippen molar-refractivity contribution in [1.82, 2.24) is 25.4 Å². The predicted octanol–water partition coefficient (Wildman–Crippen LogP) is 2.28. The van der Waals surface area contributed by atoms with E-state index in [2.05, 4.69) is 25.2 Å². The summed E-state index contributed by atoms with van der Waals surface area (Å²) in [5.74, 6) is -2.48. The molecule has 0 aliphatic carbocycles. The van der Waals surface area contributed by atoms with Crippen LogP contribution >= 0.6 is 0 Å². The second kappa shape index (κ2) is 8.95. The number of nitrogens with zero attached hydrogens (tertiary/aromatic N) is 3. The Morgan fingerprint density at radius 1 is 1.22 bits per heavy atom. The number of amides is 1. The van der Waals surface area contributed by atoms with E-state index in [0.717, 1.165) is 16.5 Å². The van der Waals surface area contributed by atoms with Crippen LogP contribution in [0, 0.1) is 0 Å². The van der Waals surface area contributed by atoms with Crippen molar-refractivity contribution in [1.29, 1.82) is 0 Å². The summed E-state index contributed by atoms with van der Waals surface area (Å²) in [6.45, 7) is 0.204. The molecule has 1 aliphatic heterocycles. The molecule has 168 valence electrons. The van der Waals surface area contributed by atoms with Crippen LogP contribution in [0.4, 0.5) is 13.2 Å². The predicted molar refractivity (Wildman–Crippen MR) is 107 cm³/mol. The van der Waals surface area contributed by atoms with E-state index >= 15 is 0 Å². The molecule has 8 nitrogen and oxygen atoms in total. The molecule has 1 atom stereocenters. The van der Waals surface area contributed by atoms with Gasteiger partial charge in [-0.1, -0.05) is 30.3 Å². The van der Waals surface area contributed by atoms with Gasteiger partial charge in [-0.25, -0.2) is 9.78 Å². The van der Waals surface area contributed by atoms with Crippen LogP contribution < -0.4 is 5.32 Å². The number of nitrogens with one attached hydrogen (secondary N) is 2. The van der Waals surface area contributed by atoms with Crippen molar-refractivity contribution in [2.24, 2.45) is 0 Å². The molecule has 1 aliphatic rings. The fraction of sp³-hybridized carbons (Fsp3) is 0.333. The molecule has 0 spiro atoms. The number of carbonyl (C=O) groups is 2. The maximum absolute atomic E-state index is 13.3. The molecule has 11 heteroatoms. The van der Waals surface area contributed by atoms with Gasteiger partial charge in [-0.15, -0.1) is 0 Å². The minimum absolute atomic E-state index is 0.116. The highest BCUT2D eigenvalue weighted by Gasteiger charge is 2.40. The number of aromatic amines is 1. The van der Waals surface area contributed by atoms with Crippen molar-refractivity contribution < 1.29 is 27.5 Å². The molecule has 2 N–H and O–H groups in total. The molecule has 3 aromatic rings. The highest BCUT2D eigenvalue weighted by atomic mass is 19.4. The maximum Gasteiger partial charge on any atom is 0.490 e. The number of hydrogen-bond donors (Lipinski definition) is 2. The molecule has 32 heavy (non-hydrogen) atoms. The van der Waals surface area contributed by atoms with Crippen molar-refractivity contribution in [2.75, 3.05) is 19.7 Å². The van der Waals surface area contributed by atoms with Crippen molar-refractivity contribution in [3.8, 4) is 0 Å². The third-order valence-electron chi connectivity index (χ3n) is 5.28. The van der Waals surface area contributed by atoms with E-state index in [9.17, 15) is 22.8 Å². The number of H-pyrrole nitrogens is 1. The van der Waals surface area contributed by atoms with Gasteiger partial charge >= 0.3 is 12.1 Å². The van der Waals surface area contributed by atoms with Crippen LogP contribution in [0.5, 0.6) is 0 Å². The van der Waals surface area contributed by atoms with Gasteiger partial charge < -0.3 is 9.64 Å². The maximum atomic E-state index is 13.3. The summed E-state index contributed by atoms with van der Waals surface area (Å²) in [6, 6.07) is 8.05. The van der Waals surface area contributed by atoms with Crippen LogP contribution in [-0.2, 0) is 27.3 Å². The molecule has 4 rings (SSSR count). The number of pyridine rings is 1. The first-order valence-corrected chi connectivity index (χ1v) is 9.95. The lowest BCUT2D eigenvalue weighted by molar-refractivity contribution is -0.199. The van der Waals surface area contributed by atoms with Crippen LogP contribution in [0.1, 0.15) is 22.7 Å². The van der Waals surface area contributed by atoms with E-state index in [0.29, 0.717) is 30.7 Å². The van der Waals surface area contributed by atoms with Gasteiger partial charge in [-0.05, 0) is 23.1 Å². The number of rotatable bonds is 6. The average Bonchev–Trinajstić information content (AvgIpc) is 3.27. The van der Waals surface area contributed by atoms with Crippen LogP contribution in [0.3, 0.4) is 0 Å². The molecule has 0 saturated heterocycles. The van der Waals surface area contributed by atoms with Gasteiger partial charge in [0.2, 0.25) is 5.91 Å². The zero-order valence-electron chi connectivity index (χ0n) is 16.9. The molecular weight excluding hydrogens is 427 g/mol. The van der Waals surface area contributed by atoms with Crippen molar-refractivity contribution in [2.45, 2.75) is 25.2 Å². The normalized spacial score (nSPS) is 14.8. The number of benzene rings is 1. The summed E-state index contributed by atoms with van der Waals surface area (Å²) in [5, 5.41) is 10.7. The van der Waals surface area contributed by atoms with E-state index in [1.165, 1.54) is 0 Å². The first-order valence-electron chi connectivity index (χ1n) is 9.95. The fourth-order valence-electron chi connectivity index (χ4n) is 3.75. The summed E-state index contributed by atoms with van der Waals surface area (Å²) in [4.78, 5) is 30.3. The lowest BCUT2D eigenvalue weighted by atomic mass is 9.97. The summed E-state index contributed by atoms with van der Waals surface area (Å²) >= 11 is 0. The number of halogens is 3. The molecule has 0 fully saturated rings. The van der Waals surface area contributed by atoms with E-state index < -0.39 is 24.8 Å². The van der Waals surface area contributed by atoms with Crippen LogP contribution in [0.2, 0.25) is 0 Å². The van der Waals surface area contributed by atoms with Gasteiger partial charge in [0.1, 0.15) is 12.6 Å². The quantitative estimate of drug-likeness (QED) is 0.444. The lowest BCUT2D eigenvalue weighted by Gasteiger charge is -2.32. The molecule has 1 unspecified atom stereocenters. The van der Waals surface area contributed by atoms with Crippen molar-refractivity contribution >= 4 is 22.9 Å². The number of ether oxygens (including phenoxy) is 1. The number of alkyl halides is 3. The minimum Gasteiger partial charge on any atom is -0.458 e. The zero-order valence-corrected chi connectivity index (χ0v) is 16.9. The first kappa shape index (κ1) is 21.8. The molecule has 1 aromatic carbocycles. The summed E-state index contributed by atoms with van der Waals surface area (Å²) in [5.41, 5.74) is 3.37. The highest BCUT2D eigenvalue weighted by Crippen LogP contribution is 2.27. The Labute approximate surface area is 180 Å². The Kier molecular flexibility index (Phi) is 6.08. The number of esters is 1. The van der Waals surface area contributed by atoms with Gasteiger partial charge in [0.05, 0.1) is 6.20 Å². The smallest absolute Gasteiger partial charge is 0.458 e. The third-order valence-corrected chi connectivity index (χ3v) is 5.28. The Hall–Kier alpha value is -3.47. The van der Waals surface area contributed by atoms with Gasteiger partial charge in [-0.2, -0.15) is 18.3 Å². The van der Waals surface area contributed by atoms with E-state index in [1.54, 1.807) is 47.6 Å². The molecule has 3 heterocycles. The Morgan fingerprint density at radius 2 is 2.00 bits per heavy atom. The number of fused-ring (bicyclic) bond motifs is 3. The molecule has 0 radical (unpaired) electrons. The monoisotopic (exact) mass is 447 g/mol. The average molecular weight is 447 g/mol. The molecule has 0 saturated carbocycles. The van der Waals surface area contributed by atoms with Crippen molar-refractivity contribution in [3.63, 3.8) is 0 Å². The number of aromatic nitrogens is 3. The second-order valence-corrected chi connectivity index (χ2v) is 7.34. The van der Waals surface area contributed by atoms with Crippen LogP contribution in [0.15, 0.2) is 42.7 Å². The summed E-state index contributed by atoms with van der Waals surface area (Å²) in [6.07, 6.45) is -0.985. The third kappa shape index (κ3) is 4.57. The molecule has 0 bridgehead atoms. The standard InChI is InChI=1S/C21H20F3N5O3/c22-21(23,24)20(31)32-9-7-25-17(13-4-2-1-3-5-13)19(30)29-8-6-15-14(12-29)10-26-18-16(15)11-27-28-18/h1-5,10-11,17,25H,6-9,12H2,(H,26,27,28). The highest BCUT2D eigenvalue weighted by molar-refractivity contribution is 5.85. The first-order chi connectivity index (χ1) is 15.3. The number of hydrogen-bond acceptors (Lipinski definition) is 6. The lowest BCUT2D eigenvalue weighted by Crippen LogP contribution is -2.44. The second-order valence-electron chi connectivity index (χ2n) is 7.34. The molecular formula is C21H20F3N5O3. The molecule has 1 amide bonds. The minimum atomic E-state index is -5.05. The van der Waals surface area contributed by atoms with Crippen LogP contribution in [-0.4, -0.2) is 57.8 Å². The van der Waals surface area contributed by atoms with Gasteiger partial charge in [-0.3, -0.25) is 15.2 Å². The largest absolute Gasteiger partial charge is 0.490 e. The topological polar surface area (TPSA) is 100 Å². The van der Waals surface area contributed by atoms with E-state index in [4.69, 9.17) is 0 Å². The zero-order chi connectivity index (χ0) is 22.7. The van der Waals surface area contributed by atoms with Gasteiger partial charge in [0.25, 0.3) is 0 Å². The van der Waals surface area contributed by atoms with E-state index in [1.807, 2.05) is 0 Å². The summed E-state index contributed by atoms with van der Waals surface area (Å²) in [7, 11) is 0. The number of carbonyl (C=O) groups excluding carboxylic acids is 2. The van der Waals surface area contributed by atoms with Crippen molar-refractivity contribution in [3.05, 3.63) is 59.4 Å². The SMILES string of the molecule is O=C(C(NCCOC(=O)C(F)(F)F)c1ccccc1)N1CCc2c(cnc3[nH]ncc23)C1. The van der Waals surface area contributed by atoms with E-state index in [-0.39, 0.29) is 12.5 Å². The fourth-order valence-corrected chi connectivity index (χ4v) is 3.75. The Balaban J connectivity index is 1.46. The van der Waals surface area contributed by atoms with Gasteiger partial charge in [0, 0.05) is 31.2 Å². The Morgan fingerprint density at radius 3 is 2.75 bits per heavy atom. The van der Waals surface area contributed by atoms with Crippen LogP contribution in [0.25, 0.3) is 11.0 Å². The van der Waals surface area contributed by atoms with Gasteiger partial charge in [0.15, 0.2) is 5.65 Å². The molecule has 2 aromatic heterocycles. The Bertz CT molecular complexity index is 1120.